The van der Waals surface area contributed by atoms with E-state index in [1.807, 2.05) is 0 Å². The summed E-state index contributed by atoms with van der Waals surface area (Å²) in [6.45, 7) is 1.81. The van der Waals surface area contributed by atoms with E-state index in [2.05, 4.69) is 10.4 Å². The Morgan fingerprint density at radius 2 is 2.22 bits per heavy atom. The molecule has 0 aliphatic carbocycles. The zero-order chi connectivity index (χ0) is 17.0. The van der Waals surface area contributed by atoms with Gasteiger partial charge in [0.25, 0.3) is 0 Å². The molecule has 2 rings (SSSR count). The lowest BCUT2D eigenvalue weighted by atomic mass is 10.2. The number of carbonyl (C=O) groups is 2. The third-order valence-electron chi connectivity index (χ3n) is 3.51. The van der Waals surface area contributed by atoms with Crippen LogP contribution in [0.4, 0.5) is 5.82 Å². The number of anilines is 1. The monoisotopic (exact) mass is 344 g/mol. The normalized spacial score (nSPS) is 18.9. The van der Waals surface area contributed by atoms with E-state index in [0.717, 1.165) is 0 Å². The van der Waals surface area contributed by atoms with Crippen LogP contribution in [0.5, 0.6) is 0 Å². The van der Waals surface area contributed by atoms with Crippen molar-refractivity contribution in [3.63, 3.8) is 0 Å². The van der Waals surface area contributed by atoms with Crippen molar-refractivity contribution < 1.29 is 23.1 Å². The number of aliphatic carboxylic acids is 1. The Balaban J connectivity index is 2.04. The van der Waals surface area contributed by atoms with E-state index in [1.54, 1.807) is 6.92 Å². The van der Waals surface area contributed by atoms with Crippen molar-refractivity contribution in [2.45, 2.75) is 38.8 Å². The van der Waals surface area contributed by atoms with E-state index in [1.165, 1.54) is 21.3 Å². The molecular weight excluding hydrogens is 324 g/mol. The summed E-state index contributed by atoms with van der Waals surface area (Å²) in [6.07, 6.45) is 3.02. The lowest BCUT2D eigenvalue weighted by molar-refractivity contribution is -0.137. The number of nitrogens with zero attached hydrogens (tertiary/aromatic N) is 3. The number of hydrogen-bond donors (Lipinski definition) is 2. The summed E-state index contributed by atoms with van der Waals surface area (Å²) in [7, 11) is -3.44. The topological polar surface area (TPSA) is 122 Å². The second-order valence-corrected chi connectivity index (χ2v) is 7.41. The van der Waals surface area contributed by atoms with Gasteiger partial charge in [0.05, 0.1) is 5.75 Å². The van der Waals surface area contributed by atoms with Crippen LogP contribution < -0.4 is 5.32 Å². The van der Waals surface area contributed by atoms with Crippen LogP contribution in [0, 0.1) is 0 Å². The van der Waals surface area contributed by atoms with Gasteiger partial charge in [0.15, 0.2) is 5.82 Å². The average Bonchev–Trinajstić information content (AvgIpc) is 3.07. The fourth-order valence-electron chi connectivity index (χ4n) is 2.57. The average molecular weight is 344 g/mol. The molecule has 128 valence electrons. The Morgan fingerprint density at radius 1 is 1.48 bits per heavy atom. The molecule has 1 unspecified atom stereocenters. The minimum absolute atomic E-state index is 0.0179. The second kappa shape index (κ2) is 7.09. The predicted molar refractivity (Wildman–Crippen MR) is 82.3 cm³/mol. The number of carboxylic acids is 1. The van der Waals surface area contributed by atoms with Gasteiger partial charge in [-0.25, -0.2) is 8.42 Å². The predicted octanol–water partition coefficient (Wildman–Crippen LogP) is 0.110. The standard InChI is InChI=1S/C13H20N4O5S/c1-2-8-23(21,22)17-6-3-4-10(17)13(20)14-11-5-7-16(15-11)9-12(18)19/h5,7,10H,2-4,6,8-9H2,1H3,(H,18,19)(H,14,15,20). The molecule has 1 atom stereocenters. The molecule has 10 heteroatoms. The smallest absolute Gasteiger partial charge is 0.325 e. The van der Waals surface area contributed by atoms with Gasteiger partial charge in [-0.1, -0.05) is 6.92 Å². The first kappa shape index (κ1) is 17.4. The van der Waals surface area contributed by atoms with E-state index in [-0.39, 0.29) is 18.1 Å². The summed E-state index contributed by atoms with van der Waals surface area (Å²) in [5.41, 5.74) is 0. The first-order valence-electron chi connectivity index (χ1n) is 7.39. The number of amides is 1. The van der Waals surface area contributed by atoms with Gasteiger partial charge in [-0.2, -0.15) is 9.40 Å². The van der Waals surface area contributed by atoms with Crippen molar-refractivity contribution >= 4 is 27.7 Å². The zero-order valence-electron chi connectivity index (χ0n) is 12.8. The van der Waals surface area contributed by atoms with Gasteiger partial charge >= 0.3 is 5.97 Å². The summed E-state index contributed by atoms with van der Waals surface area (Å²) in [6, 6.07) is 0.733. The maximum Gasteiger partial charge on any atom is 0.325 e. The molecule has 1 aromatic heterocycles. The Bertz CT molecular complexity index is 684. The second-order valence-electron chi connectivity index (χ2n) is 5.37. The Morgan fingerprint density at radius 3 is 2.87 bits per heavy atom. The highest BCUT2D eigenvalue weighted by Crippen LogP contribution is 2.23. The Hall–Kier alpha value is -1.94. The quantitative estimate of drug-likeness (QED) is 0.724. The van der Waals surface area contributed by atoms with Crippen LogP contribution in [0.3, 0.4) is 0 Å². The summed E-state index contributed by atoms with van der Waals surface area (Å²) in [4.78, 5) is 22.9. The molecule has 23 heavy (non-hydrogen) atoms. The number of carboxylic acid groups (broad SMARTS) is 1. The summed E-state index contributed by atoms with van der Waals surface area (Å²) in [5.74, 6) is -1.26. The van der Waals surface area contributed by atoms with Crippen LogP contribution in [0.1, 0.15) is 26.2 Å². The number of nitrogens with one attached hydrogen (secondary N) is 1. The van der Waals surface area contributed by atoms with Crippen molar-refractivity contribution in [3.8, 4) is 0 Å². The van der Waals surface area contributed by atoms with E-state index >= 15 is 0 Å². The van der Waals surface area contributed by atoms with Gasteiger partial charge in [-0.3, -0.25) is 14.3 Å². The van der Waals surface area contributed by atoms with E-state index in [9.17, 15) is 18.0 Å². The van der Waals surface area contributed by atoms with Crippen LogP contribution in [-0.4, -0.2) is 57.8 Å². The number of carbonyl (C=O) groups excluding carboxylic acids is 1. The lowest BCUT2D eigenvalue weighted by Gasteiger charge is -2.22. The summed E-state index contributed by atoms with van der Waals surface area (Å²) < 4.78 is 26.8. The first-order valence-corrected chi connectivity index (χ1v) is 9.00. The Labute approximate surface area is 134 Å². The highest BCUT2D eigenvalue weighted by atomic mass is 32.2. The lowest BCUT2D eigenvalue weighted by Crippen LogP contribution is -2.44. The molecule has 1 fully saturated rings. The van der Waals surface area contributed by atoms with Gasteiger partial charge in [0.1, 0.15) is 12.6 Å². The minimum atomic E-state index is -3.44. The van der Waals surface area contributed by atoms with Crippen LogP contribution in [0.25, 0.3) is 0 Å². The van der Waals surface area contributed by atoms with Crippen molar-refractivity contribution in [3.05, 3.63) is 12.3 Å². The SMILES string of the molecule is CCCS(=O)(=O)N1CCCC1C(=O)Nc1ccn(CC(=O)O)n1. The van der Waals surface area contributed by atoms with Crippen molar-refractivity contribution in [1.29, 1.82) is 0 Å². The van der Waals surface area contributed by atoms with Crippen LogP contribution >= 0.6 is 0 Å². The van der Waals surface area contributed by atoms with Gasteiger partial charge < -0.3 is 10.4 Å². The van der Waals surface area contributed by atoms with E-state index < -0.39 is 27.9 Å². The van der Waals surface area contributed by atoms with Crippen molar-refractivity contribution in [2.75, 3.05) is 17.6 Å². The molecule has 0 radical (unpaired) electrons. The molecular formula is C13H20N4O5S. The fraction of sp³-hybridized carbons (Fsp3) is 0.615. The number of hydrogen-bond acceptors (Lipinski definition) is 5. The molecule has 9 nitrogen and oxygen atoms in total. The molecule has 0 saturated carbocycles. The highest BCUT2D eigenvalue weighted by molar-refractivity contribution is 7.89. The summed E-state index contributed by atoms with van der Waals surface area (Å²) >= 11 is 0. The number of rotatable bonds is 7. The zero-order valence-corrected chi connectivity index (χ0v) is 13.6. The third-order valence-corrected chi connectivity index (χ3v) is 5.59. The molecule has 0 bridgehead atoms. The highest BCUT2D eigenvalue weighted by Gasteiger charge is 2.38. The van der Waals surface area contributed by atoms with Gasteiger partial charge in [0.2, 0.25) is 15.9 Å². The van der Waals surface area contributed by atoms with Crippen molar-refractivity contribution in [1.82, 2.24) is 14.1 Å². The maximum atomic E-state index is 12.3. The fourth-order valence-corrected chi connectivity index (χ4v) is 4.32. The largest absolute Gasteiger partial charge is 0.480 e. The van der Waals surface area contributed by atoms with E-state index in [0.29, 0.717) is 25.8 Å². The number of aromatic nitrogens is 2. The van der Waals surface area contributed by atoms with Gasteiger partial charge in [0, 0.05) is 18.8 Å². The summed E-state index contributed by atoms with van der Waals surface area (Å²) in [5, 5.41) is 15.2. The minimum Gasteiger partial charge on any atom is -0.480 e. The molecule has 0 aromatic carbocycles. The maximum absolute atomic E-state index is 12.3. The van der Waals surface area contributed by atoms with E-state index in [4.69, 9.17) is 5.11 Å². The molecule has 2 heterocycles. The number of sulfonamides is 1. The molecule has 1 saturated heterocycles. The van der Waals surface area contributed by atoms with Crippen LogP contribution in [-0.2, 0) is 26.2 Å². The Kier molecular flexibility index (Phi) is 5.37. The molecule has 2 N–H and O–H groups in total. The van der Waals surface area contributed by atoms with Crippen LogP contribution in [0.2, 0.25) is 0 Å². The van der Waals surface area contributed by atoms with Gasteiger partial charge in [-0.05, 0) is 19.3 Å². The first-order chi connectivity index (χ1) is 10.8. The van der Waals surface area contributed by atoms with Crippen molar-refractivity contribution in [2.24, 2.45) is 0 Å². The molecule has 1 aliphatic rings. The third kappa shape index (κ3) is 4.29. The molecule has 1 aliphatic heterocycles. The van der Waals surface area contributed by atoms with Gasteiger partial charge in [-0.15, -0.1) is 0 Å². The molecule has 0 spiro atoms. The molecule has 1 amide bonds. The van der Waals surface area contributed by atoms with Crippen LogP contribution in [0.15, 0.2) is 12.3 Å². The molecule has 1 aromatic rings.